The number of aryl methyl sites for hydroxylation is 2. The predicted molar refractivity (Wildman–Crippen MR) is 91.8 cm³/mol. The predicted octanol–water partition coefficient (Wildman–Crippen LogP) is 0.677. The van der Waals surface area contributed by atoms with E-state index in [0.717, 1.165) is 11.4 Å². The molecule has 0 spiro atoms. The first-order valence-corrected chi connectivity index (χ1v) is 9.96. The van der Waals surface area contributed by atoms with Gasteiger partial charge >= 0.3 is 0 Å². The Morgan fingerprint density at radius 1 is 1.57 bits per heavy atom. The summed E-state index contributed by atoms with van der Waals surface area (Å²) in [6.07, 6.45) is 0. The fraction of sp³-hybridized carbons (Fsp3) is 0.667. The number of aromatic nitrogens is 2. The van der Waals surface area contributed by atoms with Gasteiger partial charge in [0.2, 0.25) is 0 Å². The van der Waals surface area contributed by atoms with Crippen molar-refractivity contribution in [2.75, 3.05) is 28.7 Å². The molecule has 0 bridgehead atoms. The van der Waals surface area contributed by atoms with E-state index in [0.29, 0.717) is 23.7 Å². The first-order chi connectivity index (χ1) is 9.79. The molecule has 2 heterocycles. The number of nitrogens with zero attached hydrogens (tertiary/aromatic N) is 3. The van der Waals surface area contributed by atoms with Gasteiger partial charge in [0.1, 0.15) is 16.2 Å². The van der Waals surface area contributed by atoms with Crippen molar-refractivity contribution in [3.8, 4) is 0 Å². The van der Waals surface area contributed by atoms with Crippen LogP contribution in [0.1, 0.15) is 18.2 Å². The van der Waals surface area contributed by atoms with Gasteiger partial charge in [0.05, 0.1) is 11.3 Å². The number of sulfone groups is 1. The van der Waals surface area contributed by atoms with Crippen LogP contribution in [0.2, 0.25) is 0 Å². The summed E-state index contributed by atoms with van der Waals surface area (Å²) in [6, 6.07) is 0. The largest absolute Gasteiger partial charge is 0.389 e. The second kappa shape index (κ2) is 6.13. The maximum absolute atomic E-state index is 12.4. The lowest BCUT2D eigenvalue weighted by Crippen LogP contribution is -2.49. The molecular weight excluding hydrogens is 328 g/mol. The SMILES string of the molecule is CCS(=O)(=O)C1CSCCN1c1c(C(N)=S)c(C)nn1C. The lowest BCUT2D eigenvalue weighted by atomic mass is 10.2. The van der Waals surface area contributed by atoms with Gasteiger partial charge in [-0.2, -0.15) is 16.9 Å². The van der Waals surface area contributed by atoms with E-state index in [9.17, 15) is 8.42 Å². The van der Waals surface area contributed by atoms with Gasteiger partial charge in [-0.15, -0.1) is 0 Å². The van der Waals surface area contributed by atoms with Crippen LogP contribution in [0.3, 0.4) is 0 Å². The van der Waals surface area contributed by atoms with Crippen LogP contribution in [-0.4, -0.2) is 52.4 Å². The van der Waals surface area contributed by atoms with Gasteiger partial charge in [0.15, 0.2) is 9.84 Å². The molecule has 2 rings (SSSR count). The lowest BCUT2D eigenvalue weighted by molar-refractivity contribution is 0.576. The highest BCUT2D eigenvalue weighted by atomic mass is 32.2. The molecule has 0 aromatic carbocycles. The summed E-state index contributed by atoms with van der Waals surface area (Å²) in [5, 5.41) is 3.80. The Morgan fingerprint density at radius 2 is 2.24 bits per heavy atom. The van der Waals surface area contributed by atoms with E-state index >= 15 is 0 Å². The molecule has 1 fully saturated rings. The molecule has 1 aliphatic rings. The van der Waals surface area contributed by atoms with E-state index in [2.05, 4.69) is 5.10 Å². The maximum Gasteiger partial charge on any atom is 0.171 e. The van der Waals surface area contributed by atoms with E-state index in [1.54, 1.807) is 30.4 Å². The van der Waals surface area contributed by atoms with Crippen LogP contribution in [0.4, 0.5) is 5.82 Å². The number of rotatable bonds is 4. The Hall–Kier alpha value is -0.800. The van der Waals surface area contributed by atoms with Crippen LogP contribution in [0.5, 0.6) is 0 Å². The van der Waals surface area contributed by atoms with Crippen molar-refractivity contribution in [2.24, 2.45) is 12.8 Å². The number of hydrogen-bond donors (Lipinski definition) is 1. The zero-order chi connectivity index (χ0) is 15.8. The molecule has 1 unspecified atom stereocenters. The first kappa shape index (κ1) is 16.6. The van der Waals surface area contributed by atoms with Crippen LogP contribution in [0.25, 0.3) is 0 Å². The summed E-state index contributed by atoms with van der Waals surface area (Å²) in [5.41, 5.74) is 7.22. The van der Waals surface area contributed by atoms with Crippen LogP contribution in [0, 0.1) is 6.92 Å². The molecule has 21 heavy (non-hydrogen) atoms. The minimum absolute atomic E-state index is 0.119. The molecule has 2 N–H and O–H groups in total. The van der Waals surface area contributed by atoms with Gasteiger partial charge < -0.3 is 10.6 Å². The number of nitrogens with two attached hydrogens (primary N) is 1. The summed E-state index contributed by atoms with van der Waals surface area (Å²) in [5.74, 6) is 2.25. The van der Waals surface area contributed by atoms with Gasteiger partial charge in [0, 0.05) is 30.9 Å². The Morgan fingerprint density at radius 3 is 2.81 bits per heavy atom. The van der Waals surface area contributed by atoms with Crippen molar-refractivity contribution in [1.82, 2.24) is 9.78 Å². The summed E-state index contributed by atoms with van der Waals surface area (Å²) >= 11 is 6.78. The summed E-state index contributed by atoms with van der Waals surface area (Å²) in [4.78, 5) is 2.14. The van der Waals surface area contributed by atoms with Crippen LogP contribution < -0.4 is 10.6 Å². The average molecular weight is 349 g/mol. The molecule has 0 amide bonds. The molecule has 0 aliphatic carbocycles. The molecule has 0 radical (unpaired) electrons. The van der Waals surface area contributed by atoms with E-state index in [1.807, 2.05) is 11.8 Å². The van der Waals surface area contributed by atoms with Crippen molar-refractivity contribution < 1.29 is 8.42 Å². The molecule has 0 saturated carbocycles. The van der Waals surface area contributed by atoms with E-state index in [1.165, 1.54) is 0 Å². The Balaban J connectivity index is 2.55. The fourth-order valence-electron chi connectivity index (χ4n) is 2.58. The van der Waals surface area contributed by atoms with Crippen LogP contribution in [0.15, 0.2) is 0 Å². The second-order valence-electron chi connectivity index (χ2n) is 4.95. The lowest BCUT2D eigenvalue weighted by Gasteiger charge is -2.36. The fourth-order valence-corrected chi connectivity index (χ4v) is 5.79. The Labute approximate surface area is 135 Å². The van der Waals surface area contributed by atoms with Gasteiger partial charge in [-0.25, -0.2) is 8.42 Å². The highest BCUT2D eigenvalue weighted by molar-refractivity contribution is 8.01. The van der Waals surface area contributed by atoms with Crippen molar-refractivity contribution >= 4 is 44.6 Å². The normalized spacial score (nSPS) is 19.8. The highest BCUT2D eigenvalue weighted by Gasteiger charge is 2.36. The molecule has 9 heteroatoms. The summed E-state index contributed by atoms with van der Waals surface area (Å²) in [7, 11) is -1.40. The van der Waals surface area contributed by atoms with Crippen molar-refractivity contribution in [3.05, 3.63) is 11.3 Å². The van der Waals surface area contributed by atoms with E-state index in [4.69, 9.17) is 18.0 Å². The zero-order valence-corrected chi connectivity index (χ0v) is 14.8. The number of thiocarbonyl (C=S) groups is 1. The monoisotopic (exact) mass is 348 g/mol. The molecule has 118 valence electrons. The maximum atomic E-state index is 12.4. The van der Waals surface area contributed by atoms with Crippen molar-refractivity contribution in [3.63, 3.8) is 0 Å². The van der Waals surface area contributed by atoms with Gasteiger partial charge in [-0.05, 0) is 6.92 Å². The third kappa shape index (κ3) is 3.04. The molecule has 1 aliphatic heterocycles. The van der Waals surface area contributed by atoms with E-state index in [-0.39, 0.29) is 10.7 Å². The van der Waals surface area contributed by atoms with Gasteiger partial charge in [-0.1, -0.05) is 19.1 Å². The molecule has 1 aromatic rings. The number of thioether (sulfide) groups is 1. The third-order valence-corrected chi connectivity index (χ3v) is 7.10. The second-order valence-corrected chi connectivity index (χ2v) is 8.98. The van der Waals surface area contributed by atoms with Crippen LogP contribution >= 0.6 is 24.0 Å². The Bertz CT molecular complexity index is 654. The van der Waals surface area contributed by atoms with Crippen LogP contribution in [-0.2, 0) is 16.9 Å². The summed E-state index contributed by atoms with van der Waals surface area (Å²) < 4.78 is 26.5. The summed E-state index contributed by atoms with van der Waals surface area (Å²) in [6.45, 7) is 4.15. The number of hydrogen-bond acceptors (Lipinski definition) is 6. The van der Waals surface area contributed by atoms with Gasteiger partial charge in [-0.3, -0.25) is 4.68 Å². The van der Waals surface area contributed by atoms with Gasteiger partial charge in [0.25, 0.3) is 0 Å². The highest BCUT2D eigenvalue weighted by Crippen LogP contribution is 2.31. The average Bonchev–Trinajstić information content (AvgIpc) is 2.73. The molecule has 1 aromatic heterocycles. The zero-order valence-electron chi connectivity index (χ0n) is 12.4. The molecule has 1 saturated heterocycles. The quantitative estimate of drug-likeness (QED) is 0.801. The smallest absolute Gasteiger partial charge is 0.171 e. The minimum Gasteiger partial charge on any atom is -0.389 e. The van der Waals surface area contributed by atoms with E-state index < -0.39 is 15.2 Å². The Kier molecular flexibility index (Phi) is 4.84. The first-order valence-electron chi connectivity index (χ1n) is 6.69. The third-order valence-electron chi connectivity index (χ3n) is 3.61. The topological polar surface area (TPSA) is 81.2 Å². The van der Waals surface area contributed by atoms with Crippen molar-refractivity contribution in [1.29, 1.82) is 0 Å². The molecule has 6 nitrogen and oxygen atoms in total. The molecule has 1 atom stereocenters. The number of anilines is 1. The molecular formula is C12H20N4O2S3. The van der Waals surface area contributed by atoms with Crippen molar-refractivity contribution in [2.45, 2.75) is 19.2 Å². The standard InChI is InChI=1S/C12H20N4O2S3/c1-4-21(17,18)9-7-20-6-5-16(9)12-10(11(13)19)8(2)14-15(12)3/h9H,4-7H2,1-3H3,(H2,13,19). The minimum atomic E-state index is -3.19.